The molecule has 1 aliphatic heterocycles. The van der Waals surface area contributed by atoms with Crippen molar-refractivity contribution in [3.05, 3.63) is 33.8 Å². The van der Waals surface area contributed by atoms with Crippen LogP contribution < -0.4 is 0 Å². The van der Waals surface area contributed by atoms with Gasteiger partial charge in [0.15, 0.2) is 0 Å². The standard InChI is InChI=1S/C16H22N4OS/c1-11-8-19(3)16(17-11)13-5-4-6-20(9-13)15(21)7-14-10-22-12(2)18-14/h8,10,13H,4-7,9H2,1-3H3/t13-/m1/s1. The van der Waals surface area contributed by atoms with Crippen LogP contribution in [0.1, 0.15) is 41.0 Å². The molecule has 2 aromatic heterocycles. The number of imidazole rings is 1. The van der Waals surface area contributed by atoms with Gasteiger partial charge in [0, 0.05) is 37.6 Å². The third-order valence-corrected chi connectivity index (χ3v) is 4.99. The Morgan fingerprint density at radius 3 is 2.86 bits per heavy atom. The lowest BCUT2D eigenvalue weighted by Crippen LogP contribution is -2.40. The van der Waals surface area contributed by atoms with Crippen molar-refractivity contribution in [2.75, 3.05) is 13.1 Å². The maximum absolute atomic E-state index is 12.5. The molecular weight excluding hydrogens is 296 g/mol. The van der Waals surface area contributed by atoms with Gasteiger partial charge in [-0.15, -0.1) is 11.3 Å². The minimum Gasteiger partial charge on any atom is -0.342 e. The highest BCUT2D eigenvalue weighted by molar-refractivity contribution is 7.09. The van der Waals surface area contributed by atoms with Crippen LogP contribution in [-0.4, -0.2) is 38.4 Å². The van der Waals surface area contributed by atoms with E-state index in [1.807, 2.05) is 37.4 Å². The summed E-state index contributed by atoms with van der Waals surface area (Å²) in [5.74, 6) is 1.62. The number of piperidine rings is 1. The highest BCUT2D eigenvalue weighted by Gasteiger charge is 2.27. The van der Waals surface area contributed by atoms with Crippen molar-refractivity contribution in [2.24, 2.45) is 7.05 Å². The van der Waals surface area contributed by atoms with E-state index in [1.165, 1.54) is 0 Å². The largest absolute Gasteiger partial charge is 0.342 e. The molecular formula is C16H22N4OS. The fourth-order valence-corrected chi connectivity index (χ4v) is 3.80. The number of rotatable bonds is 3. The first-order valence-electron chi connectivity index (χ1n) is 7.71. The van der Waals surface area contributed by atoms with Gasteiger partial charge in [-0.25, -0.2) is 9.97 Å². The Kier molecular flexibility index (Phi) is 4.29. The molecule has 1 aliphatic rings. The molecule has 0 aromatic carbocycles. The number of likely N-dealkylation sites (tertiary alicyclic amines) is 1. The topological polar surface area (TPSA) is 51.0 Å². The molecule has 22 heavy (non-hydrogen) atoms. The maximum Gasteiger partial charge on any atom is 0.228 e. The zero-order valence-corrected chi connectivity index (χ0v) is 14.2. The fraction of sp³-hybridized carbons (Fsp3) is 0.562. The molecule has 0 spiro atoms. The van der Waals surface area contributed by atoms with Crippen molar-refractivity contribution < 1.29 is 4.79 Å². The van der Waals surface area contributed by atoms with Crippen molar-refractivity contribution in [3.63, 3.8) is 0 Å². The minimum atomic E-state index is 0.181. The second-order valence-corrected chi connectivity index (χ2v) is 7.13. The number of carbonyl (C=O) groups is 1. The summed E-state index contributed by atoms with van der Waals surface area (Å²) in [6.07, 6.45) is 4.60. The lowest BCUT2D eigenvalue weighted by atomic mass is 9.97. The third-order valence-electron chi connectivity index (χ3n) is 4.17. The van der Waals surface area contributed by atoms with Crippen LogP contribution in [-0.2, 0) is 18.3 Å². The van der Waals surface area contributed by atoms with E-state index in [9.17, 15) is 4.79 Å². The van der Waals surface area contributed by atoms with Gasteiger partial charge < -0.3 is 9.47 Å². The maximum atomic E-state index is 12.5. The van der Waals surface area contributed by atoms with Crippen LogP contribution in [0.3, 0.4) is 0 Å². The molecule has 1 atom stereocenters. The molecule has 1 fully saturated rings. The van der Waals surface area contributed by atoms with Crippen LogP contribution in [0.5, 0.6) is 0 Å². The van der Waals surface area contributed by atoms with Crippen molar-refractivity contribution in [2.45, 2.75) is 39.0 Å². The predicted molar refractivity (Wildman–Crippen MR) is 87.1 cm³/mol. The number of aryl methyl sites for hydroxylation is 3. The number of hydrogen-bond acceptors (Lipinski definition) is 4. The van der Waals surface area contributed by atoms with E-state index < -0.39 is 0 Å². The van der Waals surface area contributed by atoms with E-state index >= 15 is 0 Å². The Labute approximate surface area is 135 Å². The van der Waals surface area contributed by atoms with Crippen LogP contribution >= 0.6 is 11.3 Å². The van der Waals surface area contributed by atoms with Gasteiger partial charge in [0.05, 0.1) is 22.8 Å². The van der Waals surface area contributed by atoms with Gasteiger partial charge in [0.2, 0.25) is 5.91 Å². The van der Waals surface area contributed by atoms with E-state index in [-0.39, 0.29) is 5.91 Å². The summed E-state index contributed by atoms with van der Waals surface area (Å²) in [5, 5.41) is 3.00. The molecule has 2 aromatic rings. The van der Waals surface area contributed by atoms with E-state index in [2.05, 4.69) is 14.5 Å². The van der Waals surface area contributed by atoms with Gasteiger partial charge in [-0.1, -0.05) is 0 Å². The number of hydrogen-bond donors (Lipinski definition) is 0. The summed E-state index contributed by atoms with van der Waals surface area (Å²) < 4.78 is 2.10. The zero-order chi connectivity index (χ0) is 15.7. The molecule has 0 aliphatic carbocycles. The minimum absolute atomic E-state index is 0.181. The Bertz CT molecular complexity index is 675. The molecule has 1 saturated heterocycles. The first-order chi connectivity index (χ1) is 10.5. The number of nitrogens with zero attached hydrogens (tertiary/aromatic N) is 4. The number of thiazole rings is 1. The van der Waals surface area contributed by atoms with Crippen molar-refractivity contribution >= 4 is 17.2 Å². The average molecular weight is 318 g/mol. The van der Waals surface area contributed by atoms with Gasteiger partial charge in [-0.05, 0) is 26.7 Å². The zero-order valence-electron chi connectivity index (χ0n) is 13.4. The molecule has 0 N–H and O–H groups in total. The molecule has 3 heterocycles. The first kappa shape index (κ1) is 15.2. The van der Waals surface area contributed by atoms with Crippen LogP contribution in [0, 0.1) is 13.8 Å². The Morgan fingerprint density at radius 2 is 2.23 bits per heavy atom. The molecule has 3 rings (SSSR count). The fourth-order valence-electron chi connectivity index (χ4n) is 3.18. The Hall–Kier alpha value is -1.69. The molecule has 0 bridgehead atoms. The highest BCUT2D eigenvalue weighted by atomic mass is 32.1. The predicted octanol–water partition coefficient (Wildman–Crippen LogP) is 2.44. The van der Waals surface area contributed by atoms with Crippen molar-refractivity contribution in [1.29, 1.82) is 0 Å². The highest BCUT2D eigenvalue weighted by Crippen LogP contribution is 2.26. The smallest absolute Gasteiger partial charge is 0.228 e. The van der Waals surface area contributed by atoms with Crippen molar-refractivity contribution in [3.8, 4) is 0 Å². The number of aromatic nitrogens is 3. The summed E-state index contributed by atoms with van der Waals surface area (Å²) in [5.41, 5.74) is 1.93. The SMILES string of the molecule is Cc1cn(C)c([C@@H]2CCCN(C(=O)Cc3csc(C)n3)C2)n1. The third kappa shape index (κ3) is 3.21. The molecule has 5 nitrogen and oxygen atoms in total. The normalized spacial score (nSPS) is 18.7. The summed E-state index contributed by atoms with van der Waals surface area (Å²) in [4.78, 5) is 23.5. The second-order valence-electron chi connectivity index (χ2n) is 6.06. The summed E-state index contributed by atoms with van der Waals surface area (Å²) in [7, 11) is 2.04. The van der Waals surface area contributed by atoms with Crippen LogP contribution in [0.2, 0.25) is 0 Å². The average Bonchev–Trinajstić information content (AvgIpc) is 3.04. The molecule has 0 radical (unpaired) electrons. The van der Waals surface area contributed by atoms with E-state index in [0.29, 0.717) is 12.3 Å². The van der Waals surface area contributed by atoms with Crippen molar-refractivity contribution in [1.82, 2.24) is 19.4 Å². The van der Waals surface area contributed by atoms with Gasteiger partial charge in [0.25, 0.3) is 0 Å². The quantitative estimate of drug-likeness (QED) is 0.873. The Balaban J connectivity index is 1.67. The van der Waals surface area contributed by atoms with Gasteiger partial charge in [0.1, 0.15) is 5.82 Å². The van der Waals surface area contributed by atoms with Gasteiger partial charge >= 0.3 is 0 Å². The van der Waals surface area contributed by atoms with E-state index in [4.69, 9.17) is 0 Å². The molecule has 6 heteroatoms. The van der Waals surface area contributed by atoms with E-state index in [0.717, 1.165) is 48.2 Å². The van der Waals surface area contributed by atoms with Crippen LogP contribution in [0.15, 0.2) is 11.6 Å². The lowest BCUT2D eigenvalue weighted by molar-refractivity contribution is -0.131. The van der Waals surface area contributed by atoms with Gasteiger partial charge in [-0.3, -0.25) is 4.79 Å². The van der Waals surface area contributed by atoms with E-state index in [1.54, 1.807) is 11.3 Å². The summed E-state index contributed by atoms with van der Waals surface area (Å²) in [6.45, 7) is 5.60. The lowest BCUT2D eigenvalue weighted by Gasteiger charge is -2.32. The molecule has 118 valence electrons. The van der Waals surface area contributed by atoms with Crippen LogP contribution in [0.25, 0.3) is 0 Å². The molecule has 0 saturated carbocycles. The second kappa shape index (κ2) is 6.20. The molecule has 0 unspecified atom stereocenters. The summed E-state index contributed by atoms with van der Waals surface area (Å²) >= 11 is 1.60. The van der Waals surface area contributed by atoms with Gasteiger partial charge in [-0.2, -0.15) is 0 Å². The first-order valence-corrected chi connectivity index (χ1v) is 8.59. The Morgan fingerprint density at radius 1 is 1.41 bits per heavy atom. The number of amides is 1. The monoisotopic (exact) mass is 318 g/mol. The molecule has 1 amide bonds. The van der Waals surface area contributed by atoms with Crippen LogP contribution in [0.4, 0.5) is 0 Å². The summed E-state index contributed by atoms with van der Waals surface area (Å²) in [6, 6.07) is 0. The number of carbonyl (C=O) groups excluding carboxylic acids is 1.